The maximum atomic E-state index is 12.8. The first kappa shape index (κ1) is 15.0. The summed E-state index contributed by atoms with van der Waals surface area (Å²) in [4.78, 5) is 12.8. The van der Waals surface area contributed by atoms with Crippen LogP contribution in [0.15, 0.2) is 24.3 Å². The van der Waals surface area contributed by atoms with E-state index in [0.29, 0.717) is 0 Å². The van der Waals surface area contributed by atoms with E-state index in [1.54, 1.807) is 0 Å². The molecule has 0 aromatic heterocycles. The van der Waals surface area contributed by atoms with Crippen molar-refractivity contribution in [1.29, 1.82) is 0 Å². The minimum Gasteiger partial charge on any atom is -0.294 e. The molecule has 2 nitrogen and oxygen atoms in total. The molecular formula is C18H24O2S. The molecule has 3 heteroatoms. The SMILES string of the molecule is CC(C)(C)c1cccc(C(=O)C2CC3CCC(C2)S3=O)c1. The third kappa shape index (κ3) is 2.85. The average Bonchev–Trinajstić information content (AvgIpc) is 2.66. The number of rotatable bonds is 2. The van der Waals surface area contributed by atoms with Gasteiger partial charge in [-0.25, -0.2) is 0 Å². The first-order valence-electron chi connectivity index (χ1n) is 7.90. The molecule has 2 fully saturated rings. The second kappa shape index (κ2) is 5.35. The molecule has 2 atom stereocenters. The lowest BCUT2D eigenvalue weighted by atomic mass is 9.84. The van der Waals surface area contributed by atoms with Gasteiger partial charge in [0.25, 0.3) is 0 Å². The first-order chi connectivity index (χ1) is 9.86. The fraction of sp³-hybridized carbons (Fsp3) is 0.611. The smallest absolute Gasteiger partial charge is 0.166 e. The van der Waals surface area contributed by atoms with Gasteiger partial charge < -0.3 is 0 Å². The lowest BCUT2D eigenvalue weighted by Gasteiger charge is -2.27. The Labute approximate surface area is 129 Å². The van der Waals surface area contributed by atoms with Gasteiger partial charge in [-0.3, -0.25) is 9.00 Å². The monoisotopic (exact) mass is 304 g/mol. The number of carbonyl (C=O) groups excluding carboxylic acids is 1. The highest BCUT2D eigenvalue weighted by molar-refractivity contribution is 7.86. The van der Waals surface area contributed by atoms with Crippen LogP contribution in [0.25, 0.3) is 0 Å². The average molecular weight is 304 g/mol. The molecule has 0 saturated carbocycles. The van der Waals surface area contributed by atoms with Gasteiger partial charge in [0.1, 0.15) is 0 Å². The molecule has 0 radical (unpaired) electrons. The zero-order valence-electron chi connectivity index (χ0n) is 13.1. The van der Waals surface area contributed by atoms with Gasteiger partial charge in [0.2, 0.25) is 0 Å². The Morgan fingerprint density at radius 1 is 1.14 bits per heavy atom. The summed E-state index contributed by atoms with van der Waals surface area (Å²) in [5, 5.41) is 0.534. The van der Waals surface area contributed by atoms with E-state index in [9.17, 15) is 9.00 Å². The fourth-order valence-electron chi connectivity index (χ4n) is 3.62. The van der Waals surface area contributed by atoms with Gasteiger partial charge in [-0.15, -0.1) is 0 Å². The zero-order valence-corrected chi connectivity index (χ0v) is 13.9. The second-order valence-electron chi connectivity index (χ2n) is 7.51. The third-order valence-electron chi connectivity index (χ3n) is 4.95. The molecule has 0 N–H and O–H groups in total. The minimum absolute atomic E-state index is 0.0589. The molecule has 1 aromatic rings. The van der Waals surface area contributed by atoms with Crippen molar-refractivity contribution in [2.75, 3.05) is 0 Å². The Morgan fingerprint density at radius 3 is 2.33 bits per heavy atom. The van der Waals surface area contributed by atoms with Gasteiger partial charge in [0.15, 0.2) is 5.78 Å². The molecule has 0 spiro atoms. The van der Waals surface area contributed by atoms with Crippen LogP contribution < -0.4 is 0 Å². The van der Waals surface area contributed by atoms with Crippen LogP contribution in [0.5, 0.6) is 0 Å². The molecule has 1 aromatic carbocycles. The molecule has 2 aliphatic heterocycles. The summed E-state index contributed by atoms with van der Waals surface area (Å²) in [5.41, 5.74) is 2.10. The normalized spacial score (nSPS) is 32.1. The van der Waals surface area contributed by atoms with Crippen LogP contribution in [0.2, 0.25) is 0 Å². The molecule has 2 saturated heterocycles. The second-order valence-corrected chi connectivity index (χ2v) is 9.50. The van der Waals surface area contributed by atoms with Gasteiger partial charge >= 0.3 is 0 Å². The number of carbonyl (C=O) groups is 1. The Hall–Kier alpha value is -0.960. The fourth-order valence-corrected chi connectivity index (χ4v) is 5.75. The number of hydrogen-bond donors (Lipinski definition) is 0. The minimum atomic E-state index is -0.683. The summed E-state index contributed by atoms with van der Waals surface area (Å²) in [5.74, 6) is 0.338. The molecule has 2 heterocycles. The summed E-state index contributed by atoms with van der Waals surface area (Å²) in [6.07, 6.45) is 3.73. The highest BCUT2D eigenvalue weighted by Crippen LogP contribution is 2.40. The van der Waals surface area contributed by atoms with Gasteiger partial charge in [-0.2, -0.15) is 0 Å². The van der Waals surface area contributed by atoms with E-state index in [1.807, 2.05) is 12.1 Å². The number of ketones is 1. The van der Waals surface area contributed by atoms with E-state index < -0.39 is 10.8 Å². The van der Waals surface area contributed by atoms with Gasteiger partial charge in [0, 0.05) is 32.8 Å². The summed E-state index contributed by atoms with van der Waals surface area (Å²) < 4.78 is 12.1. The van der Waals surface area contributed by atoms with Crippen LogP contribution in [0, 0.1) is 5.92 Å². The van der Waals surface area contributed by atoms with Crippen molar-refractivity contribution in [3.8, 4) is 0 Å². The van der Waals surface area contributed by atoms with Gasteiger partial charge in [-0.05, 0) is 42.7 Å². The molecule has 3 rings (SSSR count). The number of benzene rings is 1. The van der Waals surface area contributed by atoms with Crippen molar-refractivity contribution >= 4 is 16.6 Å². The largest absolute Gasteiger partial charge is 0.294 e. The molecule has 2 unspecified atom stereocenters. The lowest BCUT2D eigenvalue weighted by Crippen LogP contribution is -2.32. The van der Waals surface area contributed by atoms with Gasteiger partial charge in [0.05, 0.1) is 0 Å². The summed E-state index contributed by atoms with van der Waals surface area (Å²) >= 11 is 0. The maximum Gasteiger partial charge on any atom is 0.166 e. The van der Waals surface area contributed by atoms with Crippen LogP contribution >= 0.6 is 0 Å². The standard InChI is InChI=1S/C18H24O2S/c1-18(2,3)14-6-4-5-12(9-14)17(19)13-10-15-7-8-16(11-13)21(15)20/h4-6,9,13,15-16H,7-8,10-11H2,1-3H3. The number of hydrogen-bond acceptors (Lipinski definition) is 2. The molecule has 21 heavy (non-hydrogen) atoms. The maximum absolute atomic E-state index is 12.8. The van der Waals surface area contributed by atoms with Gasteiger partial charge in [-0.1, -0.05) is 39.0 Å². The molecule has 0 aliphatic carbocycles. The topological polar surface area (TPSA) is 34.1 Å². The van der Waals surface area contributed by atoms with E-state index in [4.69, 9.17) is 0 Å². The van der Waals surface area contributed by atoms with E-state index in [0.717, 1.165) is 31.2 Å². The summed E-state index contributed by atoms with van der Waals surface area (Å²) in [6, 6.07) is 8.07. The molecular weight excluding hydrogens is 280 g/mol. The predicted octanol–water partition coefficient (Wildman–Crippen LogP) is 3.86. The van der Waals surface area contributed by atoms with Crippen molar-refractivity contribution in [1.82, 2.24) is 0 Å². The molecule has 114 valence electrons. The van der Waals surface area contributed by atoms with E-state index in [2.05, 4.69) is 32.9 Å². The van der Waals surface area contributed by atoms with Crippen molar-refractivity contribution in [2.24, 2.45) is 5.92 Å². The number of Topliss-reactive ketones (excluding diaryl/α,β-unsaturated/α-hetero) is 1. The predicted molar refractivity (Wildman–Crippen MR) is 87.1 cm³/mol. The highest BCUT2D eigenvalue weighted by Gasteiger charge is 2.42. The quantitative estimate of drug-likeness (QED) is 0.778. The summed E-state index contributed by atoms with van der Waals surface area (Å²) in [6.45, 7) is 6.50. The van der Waals surface area contributed by atoms with Crippen LogP contribution in [0.3, 0.4) is 0 Å². The molecule has 2 aliphatic rings. The Morgan fingerprint density at radius 2 is 1.76 bits per heavy atom. The Kier molecular flexibility index (Phi) is 3.81. The summed E-state index contributed by atoms with van der Waals surface area (Å²) in [7, 11) is -0.683. The Bertz CT molecular complexity index is 569. The van der Waals surface area contributed by atoms with Crippen LogP contribution in [-0.2, 0) is 16.2 Å². The lowest BCUT2D eigenvalue weighted by molar-refractivity contribution is 0.0906. The third-order valence-corrected chi connectivity index (χ3v) is 7.12. The van der Waals surface area contributed by atoms with Crippen molar-refractivity contribution in [2.45, 2.75) is 62.4 Å². The van der Waals surface area contributed by atoms with Crippen LogP contribution in [0.4, 0.5) is 0 Å². The van der Waals surface area contributed by atoms with Crippen molar-refractivity contribution in [3.05, 3.63) is 35.4 Å². The van der Waals surface area contributed by atoms with Crippen LogP contribution in [-0.4, -0.2) is 20.5 Å². The molecule has 0 amide bonds. The first-order valence-corrected chi connectivity index (χ1v) is 9.18. The zero-order chi connectivity index (χ0) is 15.2. The molecule has 2 bridgehead atoms. The van der Waals surface area contributed by atoms with E-state index in [1.165, 1.54) is 5.56 Å². The Balaban J connectivity index is 1.82. The van der Waals surface area contributed by atoms with E-state index >= 15 is 0 Å². The van der Waals surface area contributed by atoms with Crippen molar-refractivity contribution in [3.63, 3.8) is 0 Å². The number of fused-ring (bicyclic) bond motifs is 2. The van der Waals surface area contributed by atoms with E-state index in [-0.39, 0.29) is 27.6 Å². The highest BCUT2D eigenvalue weighted by atomic mass is 32.2. The van der Waals surface area contributed by atoms with Crippen molar-refractivity contribution < 1.29 is 9.00 Å². The van der Waals surface area contributed by atoms with Crippen LogP contribution in [0.1, 0.15) is 62.4 Å².